The van der Waals surface area contributed by atoms with Crippen LogP contribution in [0.3, 0.4) is 0 Å². The summed E-state index contributed by atoms with van der Waals surface area (Å²) in [5.41, 5.74) is 0.977. The number of esters is 1. The number of carbonyl (C=O) groups is 1. The Kier molecular flexibility index (Phi) is 6.00. The summed E-state index contributed by atoms with van der Waals surface area (Å²) < 4.78 is 14.8. The monoisotopic (exact) mass is 253 g/mol. The quantitative estimate of drug-likeness (QED) is 0.749. The van der Waals surface area contributed by atoms with Crippen LogP contribution in [-0.4, -0.2) is 39.4 Å². The zero-order valence-corrected chi connectivity index (χ0v) is 10.9. The molecule has 1 atom stereocenters. The van der Waals surface area contributed by atoms with Crippen molar-refractivity contribution in [3.8, 4) is 5.75 Å². The van der Waals surface area contributed by atoms with E-state index in [0.717, 1.165) is 5.69 Å². The second kappa shape index (κ2) is 7.55. The summed E-state index contributed by atoms with van der Waals surface area (Å²) in [6.45, 7) is 2.59. The predicted molar refractivity (Wildman–Crippen MR) is 68.9 cm³/mol. The third-order valence-electron chi connectivity index (χ3n) is 2.27. The van der Waals surface area contributed by atoms with E-state index in [4.69, 9.17) is 9.47 Å². The van der Waals surface area contributed by atoms with E-state index in [1.807, 2.05) is 19.1 Å². The fourth-order valence-electron chi connectivity index (χ4n) is 1.42. The minimum absolute atomic E-state index is 0.0800. The van der Waals surface area contributed by atoms with Gasteiger partial charge in [0.2, 0.25) is 0 Å². The molecule has 1 aromatic carbocycles. The highest BCUT2D eigenvalue weighted by atomic mass is 16.6. The largest absolute Gasteiger partial charge is 0.482 e. The van der Waals surface area contributed by atoms with Gasteiger partial charge in [-0.15, -0.1) is 0 Å². The maximum atomic E-state index is 10.9. The number of rotatable bonds is 7. The summed E-state index contributed by atoms with van der Waals surface area (Å²) in [6.07, 6.45) is 0. The van der Waals surface area contributed by atoms with Gasteiger partial charge in [-0.25, -0.2) is 4.79 Å². The zero-order valence-electron chi connectivity index (χ0n) is 10.9. The van der Waals surface area contributed by atoms with Crippen LogP contribution in [0.15, 0.2) is 24.3 Å². The van der Waals surface area contributed by atoms with Gasteiger partial charge in [-0.3, -0.25) is 0 Å². The minimum Gasteiger partial charge on any atom is -0.482 e. The predicted octanol–water partition coefficient (Wildman–Crippen LogP) is 1.69. The molecule has 1 N–H and O–H groups in total. The summed E-state index contributed by atoms with van der Waals surface area (Å²) in [5.74, 6) is 0.233. The summed E-state index contributed by atoms with van der Waals surface area (Å²) in [6, 6.07) is 7.60. The number of methoxy groups -OCH3 is 2. The molecule has 0 aliphatic rings. The van der Waals surface area contributed by atoms with Gasteiger partial charge >= 0.3 is 5.97 Å². The molecule has 0 amide bonds. The lowest BCUT2D eigenvalue weighted by molar-refractivity contribution is -0.142. The minimum atomic E-state index is -0.397. The van der Waals surface area contributed by atoms with Crippen LogP contribution in [0, 0.1) is 0 Å². The SMILES string of the molecule is COCC(C)Nc1ccc(OCC(=O)OC)cc1. The highest BCUT2D eigenvalue weighted by Gasteiger charge is 2.03. The Morgan fingerprint density at radius 3 is 2.50 bits per heavy atom. The lowest BCUT2D eigenvalue weighted by Gasteiger charge is -2.14. The smallest absolute Gasteiger partial charge is 0.343 e. The van der Waals surface area contributed by atoms with Gasteiger partial charge in [0.05, 0.1) is 13.7 Å². The number of nitrogens with one attached hydrogen (secondary N) is 1. The molecule has 0 saturated heterocycles. The Morgan fingerprint density at radius 1 is 1.28 bits per heavy atom. The average Bonchev–Trinajstić information content (AvgIpc) is 2.37. The Bertz CT molecular complexity index is 364. The molecule has 5 nitrogen and oxygen atoms in total. The van der Waals surface area contributed by atoms with Gasteiger partial charge in [0.1, 0.15) is 5.75 Å². The van der Waals surface area contributed by atoms with E-state index in [1.165, 1.54) is 7.11 Å². The van der Waals surface area contributed by atoms with Crippen LogP contribution in [0.4, 0.5) is 5.69 Å². The van der Waals surface area contributed by atoms with E-state index in [0.29, 0.717) is 12.4 Å². The van der Waals surface area contributed by atoms with Gasteiger partial charge in [0.15, 0.2) is 6.61 Å². The van der Waals surface area contributed by atoms with Gasteiger partial charge in [0.25, 0.3) is 0 Å². The lowest BCUT2D eigenvalue weighted by Crippen LogP contribution is -2.20. The highest BCUT2D eigenvalue weighted by Crippen LogP contribution is 2.16. The molecule has 1 rings (SSSR count). The van der Waals surface area contributed by atoms with Crippen molar-refractivity contribution in [1.29, 1.82) is 0 Å². The van der Waals surface area contributed by atoms with Crippen molar-refractivity contribution in [1.82, 2.24) is 0 Å². The molecule has 1 unspecified atom stereocenters. The van der Waals surface area contributed by atoms with E-state index in [1.54, 1.807) is 19.2 Å². The summed E-state index contributed by atoms with van der Waals surface area (Å²) in [5, 5.41) is 3.27. The van der Waals surface area contributed by atoms with E-state index in [2.05, 4.69) is 10.1 Å². The van der Waals surface area contributed by atoms with Gasteiger partial charge < -0.3 is 19.5 Å². The lowest BCUT2D eigenvalue weighted by atomic mass is 10.2. The maximum absolute atomic E-state index is 10.9. The number of carbonyl (C=O) groups excluding carboxylic acids is 1. The molecule has 5 heteroatoms. The molecule has 1 aromatic rings. The number of ether oxygens (including phenoxy) is 3. The van der Waals surface area contributed by atoms with E-state index >= 15 is 0 Å². The third kappa shape index (κ3) is 5.05. The van der Waals surface area contributed by atoms with Crippen LogP contribution >= 0.6 is 0 Å². The van der Waals surface area contributed by atoms with Crippen LogP contribution in [0.5, 0.6) is 5.75 Å². The van der Waals surface area contributed by atoms with Crippen molar-refractivity contribution in [3.63, 3.8) is 0 Å². The number of anilines is 1. The van der Waals surface area contributed by atoms with Crippen molar-refractivity contribution in [2.24, 2.45) is 0 Å². The second-order valence-electron chi connectivity index (χ2n) is 3.89. The van der Waals surface area contributed by atoms with Crippen LogP contribution in [0.1, 0.15) is 6.92 Å². The molecule has 0 fully saturated rings. The van der Waals surface area contributed by atoms with Crippen LogP contribution in [-0.2, 0) is 14.3 Å². The molecule has 0 aliphatic carbocycles. The van der Waals surface area contributed by atoms with E-state index in [-0.39, 0.29) is 12.6 Å². The molecule has 0 bridgehead atoms. The Hall–Kier alpha value is -1.75. The summed E-state index contributed by atoms with van der Waals surface area (Å²) in [7, 11) is 3.00. The molecule has 0 spiro atoms. The van der Waals surface area contributed by atoms with Gasteiger partial charge in [-0.1, -0.05) is 0 Å². The van der Waals surface area contributed by atoms with Crippen molar-refractivity contribution in [3.05, 3.63) is 24.3 Å². The standard InChI is InChI=1S/C13H19NO4/c1-10(8-16-2)14-11-4-6-12(7-5-11)18-9-13(15)17-3/h4-7,10,14H,8-9H2,1-3H3. The van der Waals surface area contributed by atoms with Crippen molar-refractivity contribution < 1.29 is 19.0 Å². The number of hydrogen-bond donors (Lipinski definition) is 1. The highest BCUT2D eigenvalue weighted by molar-refractivity contribution is 5.70. The molecular weight excluding hydrogens is 234 g/mol. The van der Waals surface area contributed by atoms with Gasteiger partial charge in [-0.05, 0) is 31.2 Å². The first-order chi connectivity index (χ1) is 8.65. The average molecular weight is 253 g/mol. The first-order valence-corrected chi connectivity index (χ1v) is 5.71. The normalized spacial score (nSPS) is 11.7. The van der Waals surface area contributed by atoms with Crippen LogP contribution in [0.25, 0.3) is 0 Å². The van der Waals surface area contributed by atoms with Gasteiger partial charge in [-0.2, -0.15) is 0 Å². The van der Waals surface area contributed by atoms with Crippen molar-refractivity contribution in [2.45, 2.75) is 13.0 Å². The molecule has 0 aromatic heterocycles. The number of hydrogen-bond acceptors (Lipinski definition) is 5. The summed E-state index contributed by atoms with van der Waals surface area (Å²) >= 11 is 0. The fourth-order valence-corrected chi connectivity index (χ4v) is 1.42. The zero-order chi connectivity index (χ0) is 13.4. The molecule has 0 aliphatic heterocycles. The first kappa shape index (κ1) is 14.3. The molecule has 0 saturated carbocycles. The van der Waals surface area contributed by atoms with E-state index in [9.17, 15) is 4.79 Å². The maximum Gasteiger partial charge on any atom is 0.343 e. The molecule has 0 radical (unpaired) electrons. The first-order valence-electron chi connectivity index (χ1n) is 5.71. The third-order valence-corrected chi connectivity index (χ3v) is 2.27. The molecular formula is C13H19NO4. The Morgan fingerprint density at radius 2 is 1.94 bits per heavy atom. The van der Waals surface area contributed by atoms with Crippen LogP contribution < -0.4 is 10.1 Å². The topological polar surface area (TPSA) is 56.8 Å². The Balaban J connectivity index is 2.44. The number of benzene rings is 1. The second-order valence-corrected chi connectivity index (χ2v) is 3.89. The van der Waals surface area contributed by atoms with Crippen molar-refractivity contribution in [2.75, 3.05) is 32.8 Å². The van der Waals surface area contributed by atoms with Crippen LogP contribution in [0.2, 0.25) is 0 Å². The van der Waals surface area contributed by atoms with E-state index < -0.39 is 5.97 Å². The molecule has 0 heterocycles. The summed E-state index contributed by atoms with van der Waals surface area (Å²) in [4.78, 5) is 10.9. The Labute approximate surface area is 107 Å². The fraction of sp³-hybridized carbons (Fsp3) is 0.462. The van der Waals surface area contributed by atoms with Crippen molar-refractivity contribution >= 4 is 11.7 Å². The molecule has 18 heavy (non-hydrogen) atoms. The van der Waals surface area contributed by atoms with Gasteiger partial charge in [0, 0.05) is 18.8 Å². The molecule has 100 valence electrons.